The Morgan fingerprint density at radius 3 is 2.43 bits per heavy atom. The van der Waals surface area contributed by atoms with Crippen molar-refractivity contribution in [2.45, 2.75) is 6.18 Å². The lowest BCUT2D eigenvalue weighted by molar-refractivity contribution is -0.137. The molecule has 0 aliphatic carbocycles. The monoisotopic (exact) mass is 436 g/mol. The average molecular weight is 437 g/mol. The Labute approximate surface area is 175 Å². The lowest BCUT2D eigenvalue weighted by atomic mass is 10.1. The molecule has 0 unspecified atom stereocenters. The third-order valence-electron chi connectivity index (χ3n) is 4.17. The molecule has 9 heteroatoms. The Hall–Kier alpha value is -3.26. The van der Waals surface area contributed by atoms with Crippen molar-refractivity contribution in [2.24, 2.45) is 0 Å². The van der Waals surface area contributed by atoms with Crippen LogP contribution >= 0.6 is 11.6 Å². The van der Waals surface area contributed by atoms with Crippen LogP contribution in [0.2, 0.25) is 5.02 Å². The van der Waals surface area contributed by atoms with E-state index in [1.165, 1.54) is 47.4 Å². The molecule has 5 nitrogen and oxygen atoms in total. The van der Waals surface area contributed by atoms with E-state index in [4.69, 9.17) is 16.0 Å². The number of carbonyl (C=O) groups excluding carboxylic acids is 2. The summed E-state index contributed by atoms with van der Waals surface area (Å²) in [4.78, 5) is 26.0. The van der Waals surface area contributed by atoms with Gasteiger partial charge in [0.2, 0.25) is 0 Å². The first-order chi connectivity index (χ1) is 14.1. The van der Waals surface area contributed by atoms with E-state index < -0.39 is 17.6 Å². The molecule has 1 aromatic heterocycles. The molecular weight excluding hydrogens is 421 g/mol. The van der Waals surface area contributed by atoms with Gasteiger partial charge in [-0.1, -0.05) is 23.7 Å². The second-order valence-corrected chi connectivity index (χ2v) is 7.00. The highest BCUT2D eigenvalue weighted by atomic mass is 35.5. The van der Waals surface area contributed by atoms with Crippen LogP contribution in [0.1, 0.15) is 26.5 Å². The fourth-order valence-electron chi connectivity index (χ4n) is 2.66. The van der Waals surface area contributed by atoms with Crippen molar-refractivity contribution in [3.8, 4) is 11.3 Å². The predicted octanol–water partition coefficient (Wildman–Crippen LogP) is 5.57. The van der Waals surface area contributed by atoms with Crippen molar-refractivity contribution in [1.82, 2.24) is 4.90 Å². The fraction of sp³-hybridized carbons (Fsp3) is 0.143. The molecule has 3 rings (SSSR count). The van der Waals surface area contributed by atoms with Crippen LogP contribution in [0.4, 0.5) is 18.9 Å². The number of amides is 2. The van der Waals surface area contributed by atoms with E-state index in [1.54, 1.807) is 14.1 Å². The number of halogens is 4. The van der Waals surface area contributed by atoms with E-state index in [-0.39, 0.29) is 33.7 Å². The van der Waals surface area contributed by atoms with Gasteiger partial charge in [-0.2, -0.15) is 13.2 Å². The minimum absolute atomic E-state index is 0.105. The van der Waals surface area contributed by atoms with E-state index in [9.17, 15) is 22.8 Å². The van der Waals surface area contributed by atoms with Gasteiger partial charge in [-0.05, 0) is 42.5 Å². The van der Waals surface area contributed by atoms with Gasteiger partial charge < -0.3 is 14.6 Å². The first-order valence-corrected chi connectivity index (χ1v) is 9.04. The lowest BCUT2D eigenvalue weighted by Gasteiger charge is -2.12. The Kier molecular flexibility index (Phi) is 5.89. The van der Waals surface area contributed by atoms with Gasteiger partial charge in [0, 0.05) is 25.2 Å². The molecule has 0 aliphatic rings. The molecule has 0 bridgehead atoms. The SMILES string of the molecule is CN(C)C(=O)c1ccc(Cl)c(NC(=O)c2ccc(-c3cccc(C(F)(F)F)c3)o2)c1. The van der Waals surface area contributed by atoms with Crippen LogP contribution in [0.15, 0.2) is 59.0 Å². The molecule has 0 spiro atoms. The third kappa shape index (κ3) is 4.65. The number of alkyl halides is 3. The summed E-state index contributed by atoms with van der Waals surface area (Å²) >= 11 is 6.10. The van der Waals surface area contributed by atoms with Gasteiger partial charge in [0.05, 0.1) is 16.3 Å². The van der Waals surface area contributed by atoms with Gasteiger partial charge in [0.1, 0.15) is 5.76 Å². The van der Waals surface area contributed by atoms with Crippen molar-refractivity contribution in [3.05, 3.63) is 76.5 Å². The average Bonchev–Trinajstić information content (AvgIpc) is 3.19. The van der Waals surface area contributed by atoms with Gasteiger partial charge in [0.25, 0.3) is 11.8 Å². The van der Waals surface area contributed by atoms with Crippen LogP contribution in [0.3, 0.4) is 0 Å². The molecule has 30 heavy (non-hydrogen) atoms. The number of rotatable bonds is 4. The number of carbonyl (C=O) groups is 2. The van der Waals surface area contributed by atoms with Crippen LogP contribution < -0.4 is 5.32 Å². The molecule has 1 N–H and O–H groups in total. The summed E-state index contributed by atoms with van der Waals surface area (Å²) in [6, 6.07) is 11.8. The van der Waals surface area contributed by atoms with Crippen LogP contribution in [-0.4, -0.2) is 30.8 Å². The zero-order valence-electron chi connectivity index (χ0n) is 15.9. The molecule has 0 atom stereocenters. The Morgan fingerprint density at radius 2 is 1.77 bits per heavy atom. The van der Waals surface area contributed by atoms with Crippen molar-refractivity contribution < 1.29 is 27.2 Å². The Morgan fingerprint density at radius 1 is 1.03 bits per heavy atom. The predicted molar refractivity (Wildman–Crippen MR) is 107 cm³/mol. The van der Waals surface area contributed by atoms with E-state index >= 15 is 0 Å². The highest BCUT2D eigenvalue weighted by Crippen LogP contribution is 2.33. The summed E-state index contributed by atoms with van der Waals surface area (Å²) in [5.41, 5.74) is -0.118. The molecule has 156 valence electrons. The molecule has 3 aromatic rings. The summed E-state index contributed by atoms with van der Waals surface area (Å²) in [5.74, 6) is -0.951. The first kappa shape index (κ1) is 21.4. The summed E-state index contributed by atoms with van der Waals surface area (Å²) in [5, 5.41) is 2.76. The van der Waals surface area contributed by atoms with E-state index in [2.05, 4.69) is 5.32 Å². The number of anilines is 1. The van der Waals surface area contributed by atoms with E-state index in [0.717, 1.165) is 12.1 Å². The maximum absolute atomic E-state index is 12.9. The van der Waals surface area contributed by atoms with Gasteiger partial charge >= 0.3 is 6.18 Å². The molecule has 0 aliphatic heterocycles. The smallest absolute Gasteiger partial charge is 0.416 e. The number of benzene rings is 2. The molecule has 2 amide bonds. The van der Waals surface area contributed by atoms with Gasteiger partial charge in [0.15, 0.2) is 5.76 Å². The second kappa shape index (κ2) is 8.23. The maximum atomic E-state index is 12.9. The van der Waals surface area contributed by atoms with Crippen LogP contribution in [0, 0.1) is 0 Å². The lowest BCUT2D eigenvalue weighted by Crippen LogP contribution is -2.22. The van der Waals surface area contributed by atoms with Gasteiger partial charge in [-0.25, -0.2) is 0 Å². The summed E-state index contributed by atoms with van der Waals surface area (Å²) in [7, 11) is 3.18. The minimum Gasteiger partial charge on any atom is -0.451 e. The highest BCUT2D eigenvalue weighted by molar-refractivity contribution is 6.34. The van der Waals surface area contributed by atoms with Crippen LogP contribution in [0.25, 0.3) is 11.3 Å². The van der Waals surface area contributed by atoms with Gasteiger partial charge in [-0.15, -0.1) is 0 Å². The number of furan rings is 1. The molecule has 2 aromatic carbocycles. The number of hydrogen-bond acceptors (Lipinski definition) is 3. The number of nitrogens with zero attached hydrogens (tertiary/aromatic N) is 1. The van der Waals surface area contributed by atoms with Crippen LogP contribution in [-0.2, 0) is 6.18 Å². The molecule has 0 saturated heterocycles. The zero-order valence-corrected chi connectivity index (χ0v) is 16.6. The zero-order chi connectivity index (χ0) is 22.1. The highest BCUT2D eigenvalue weighted by Gasteiger charge is 2.30. The maximum Gasteiger partial charge on any atom is 0.416 e. The summed E-state index contributed by atoms with van der Waals surface area (Å²) < 4.78 is 44.1. The molecule has 0 saturated carbocycles. The van der Waals surface area contributed by atoms with Crippen LogP contribution in [0.5, 0.6) is 0 Å². The van der Waals surface area contributed by atoms with Crippen molar-refractivity contribution in [3.63, 3.8) is 0 Å². The fourth-order valence-corrected chi connectivity index (χ4v) is 2.82. The number of nitrogens with one attached hydrogen (secondary N) is 1. The second-order valence-electron chi connectivity index (χ2n) is 6.59. The quantitative estimate of drug-likeness (QED) is 0.581. The van der Waals surface area contributed by atoms with Gasteiger partial charge in [-0.3, -0.25) is 9.59 Å². The van der Waals surface area contributed by atoms with Crippen molar-refractivity contribution in [2.75, 3.05) is 19.4 Å². The molecule has 1 heterocycles. The van der Waals surface area contributed by atoms with Crippen molar-refractivity contribution >= 4 is 29.1 Å². The van der Waals surface area contributed by atoms with E-state index in [0.29, 0.717) is 5.56 Å². The molecule has 0 fully saturated rings. The third-order valence-corrected chi connectivity index (χ3v) is 4.50. The normalized spacial score (nSPS) is 11.3. The summed E-state index contributed by atoms with van der Waals surface area (Å²) in [6.07, 6.45) is -4.49. The topological polar surface area (TPSA) is 62.6 Å². The minimum atomic E-state index is -4.49. The Bertz CT molecular complexity index is 1110. The standard InChI is InChI=1S/C21H16ClF3N2O3/c1-27(2)20(29)13-6-7-15(22)16(11-13)26-19(28)18-9-8-17(30-18)12-4-3-5-14(10-12)21(23,24)25/h3-11H,1-2H3,(H,26,28). The number of hydrogen-bond donors (Lipinski definition) is 1. The first-order valence-electron chi connectivity index (χ1n) is 8.66. The van der Waals surface area contributed by atoms with Crippen molar-refractivity contribution in [1.29, 1.82) is 0 Å². The summed E-state index contributed by atoms with van der Waals surface area (Å²) in [6.45, 7) is 0. The molecular formula is C21H16ClF3N2O3. The van der Waals surface area contributed by atoms with E-state index in [1.807, 2.05) is 0 Å². The Balaban J connectivity index is 1.83. The largest absolute Gasteiger partial charge is 0.451 e. The molecule has 0 radical (unpaired) electrons.